The normalized spacial score (nSPS) is 29.7. The van der Waals surface area contributed by atoms with E-state index in [1.807, 2.05) is 0 Å². The molecule has 0 bridgehead atoms. The highest BCUT2D eigenvalue weighted by Gasteiger charge is 2.33. The molecule has 2 aliphatic heterocycles. The van der Waals surface area contributed by atoms with Crippen molar-refractivity contribution in [3.05, 3.63) is 0 Å². The van der Waals surface area contributed by atoms with Crippen molar-refractivity contribution in [2.24, 2.45) is 16.3 Å². The van der Waals surface area contributed by atoms with Crippen LogP contribution in [0.3, 0.4) is 0 Å². The molecule has 0 spiro atoms. The zero-order valence-electron chi connectivity index (χ0n) is 14.9. The Balaban J connectivity index is 0.00000242. The maximum atomic E-state index is 4.95. The van der Waals surface area contributed by atoms with Crippen LogP contribution in [0.2, 0.25) is 0 Å². The van der Waals surface area contributed by atoms with Crippen LogP contribution in [0.4, 0.5) is 0 Å². The third kappa shape index (κ3) is 5.25. The van der Waals surface area contributed by atoms with Crippen LogP contribution in [0.5, 0.6) is 0 Å². The van der Waals surface area contributed by atoms with Crippen LogP contribution in [0.15, 0.2) is 4.99 Å². The summed E-state index contributed by atoms with van der Waals surface area (Å²) in [6.45, 7) is 17.1. The number of hydrogen-bond acceptors (Lipinski definition) is 2. The molecule has 2 aliphatic rings. The van der Waals surface area contributed by atoms with E-state index in [0.717, 1.165) is 38.1 Å². The predicted molar refractivity (Wildman–Crippen MR) is 106 cm³/mol. The van der Waals surface area contributed by atoms with Crippen molar-refractivity contribution in [2.45, 2.75) is 47.0 Å². The van der Waals surface area contributed by atoms with Crippen molar-refractivity contribution in [3.8, 4) is 0 Å². The second-order valence-corrected chi connectivity index (χ2v) is 7.08. The minimum absolute atomic E-state index is 0. The van der Waals surface area contributed by atoms with Gasteiger partial charge in [-0.25, -0.2) is 0 Å². The van der Waals surface area contributed by atoms with Crippen LogP contribution in [0.1, 0.15) is 47.0 Å². The fourth-order valence-electron chi connectivity index (χ4n) is 3.48. The largest absolute Gasteiger partial charge is 0.357 e. The molecule has 0 aromatic carbocycles. The van der Waals surface area contributed by atoms with E-state index in [2.05, 4.69) is 42.8 Å². The van der Waals surface area contributed by atoms with Gasteiger partial charge in [0, 0.05) is 32.7 Å². The Morgan fingerprint density at radius 3 is 2.59 bits per heavy atom. The molecule has 2 saturated heterocycles. The van der Waals surface area contributed by atoms with Crippen molar-refractivity contribution >= 4 is 29.9 Å². The monoisotopic (exact) mass is 422 g/mol. The molecular weight excluding hydrogens is 387 g/mol. The Labute approximate surface area is 154 Å². The lowest BCUT2D eigenvalue weighted by Crippen LogP contribution is -2.41. The van der Waals surface area contributed by atoms with Crippen molar-refractivity contribution in [1.82, 2.24) is 15.1 Å². The summed E-state index contributed by atoms with van der Waals surface area (Å²) >= 11 is 0. The quantitative estimate of drug-likeness (QED) is 0.420. The third-order valence-corrected chi connectivity index (χ3v) is 5.36. The summed E-state index contributed by atoms with van der Waals surface area (Å²) in [6.07, 6.45) is 3.86. The van der Waals surface area contributed by atoms with Gasteiger partial charge in [-0.3, -0.25) is 4.99 Å². The minimum Gasteiger partial charge on any atom is -0.357 e. The van der Waals surface area contributed by atoms with Gasteiger partial charge < -0.3 is 15.1 Å². The molecular formula is C17H35IN4. The van der Waals surface area contributed by atoms with E-state index < -0.39 is 0 Å². The van der Waals surface area contributed by atoms with Gasteiger partial charge in [-0.1, -0.05) is 20.8 Å². The molecule has 0 aromatic heterocycles. The van der Waals surface area contributed by atoms with Gasteiger partial charge in [-0.2, -0.15) is 0 Å². The number of hydrogen-bond donors (Lipinski definition) is 1. The van der Waals surface area contributed by atoms with Crippen molar-refractivity contribution in [3.63, 3.8) is 0 Å². The molecule has 22 heavy (non-hydrogen) atoms. The van der Waals surface area contributed by atoms with Gasteiger partial charge in [-0.15, -0.1) is 24.0 Å². The van der Waals surface area contributed by atoms with Crippen LogP contribution < -0.4 is 5.32 Å². The Morgan fingerprint density at radius 2 is 2.05 bits per heavy atom. The SMILES string of the molecule is CCNC(=NCC1CCN(CC)C1)N1CCC(C)(CC)C1.I. The van der Waals surface area contributed by atoms with Crippen LogP contribution in [-0.2, 0) is 0 Å². The molecule has 130 valence electrons. The highest BCUT2D eigenvalue weighted by atomic mass is 127. The van der Waals surface area contributed by atoms with Gasteiger partial charge >= 0.3 is 0 Å². The lowest BCUT2D eigenvalue weighted by atomic mass is 9.87. The molecule has 0 aliphatic carbocycles. The second kappa shape index (κ2) is 9.30. The van der Waals surface area contributed by atoms with E-state index in [0.29, 0.717) is 5.41 Å². The average molecular weight is 422 g/mol. The molecule has 0 amide bonds. The predicted octanol–water partition coefficient (Wildman–Crippen LogP) is 3.03. The fourth-order valence-corrected chi connectivity index (χ4v) is 3.48. The van der Waals surface area contributed by atoms with Crippen LogP contribution >= 0.6 is 24.0 Å². The first-order valence-corrected chi connectivity index (χ1v) is 8.85. The number of guanidine groups is 1. The van der Waals surface area contributed by atoms with Gasteiger partial charge in [0.1, 0.15) is 0 Å². The first-order valence-electron chi connectivity index (χ1n) is 8.85. The van der Waals surface area contributed by atoms with Gasteiger partial charge in [-0.05, 0) is 50.6 Å². The summed E-state index contributed by atoms with van der Waals surface area (Å²) in [5.74, 6) is 1.89. The Hall–Kier alpha value is -0.0400. The molecule has 2 rings (SSSR count). The number of rotatable bonds is 5. The van der Waals surface area contributed by atoms with Gasteiger partial charge in [0.15, 0.2) is 5.96 Å². The highest BCUT2D eigenvalue weighted by Crippen LogP contribution is 2.32. The molecule has 0 saturated carbocycles. The van der Waals surface area contributed by atoms with Gasteiger partial charge in [0.25, 0.3) is 0 Å². The Kier molecular flexibility index (Phi) is 8.46. The molecule has 2 unspecified atom stereocenters. The Bertz CT molecular complexity index is 361. The smallest absolute Gasteiger partial charge is 0.193 e. The zero-order chi connectivity index (χ0) is 15.3. The molecule has 5 heteroatoms. The molecule has 2 heterocycles. The molecule has 0 radical (unpaired) electrons. The van der Waals surface area contributed by atoms with E-state index >= 15 is 0 Å². The number of aliphatic imine (C=N–C) groups is 1. The van der Waals surface area contributed by atoms with Crippen molar-refractivity contribution < 1.29 is 0 Å². The van der Waals surface area contributed by atoms with Crippen LogP contribution in [0, 0.1) is 11.3 Å². The first-order chi connectivity index (χ1) is 10.1. The molecule has 0 aromatic rings. The van der Waals surface area contributed by atoms with Crippen molar-refractivity contribution in [1.29, 1.82) is 0 Å². The van der Waals surface area contributed by atoms with Gasteiger partial charge in [0.2, 0.25) is 0 Å². The lowest BCUT2D eigenvalue weighted by Gasteiger charge is -2.25. The minimum atomic E-state index is 0. The zero-order valence-corrected chi connectivity index (χ0v) is 17.2. The summed E-state index contributed by atoms with van der Waals surface area (Å²) in [6, 6.07) is 0. The van der Waals surface area contributed by atoms with E-state index in [1.54, 1.807) is 0 Å². The highest BCUT2D eigenvalue weighted by molar-refractivity contribution is 14.0. The maximum Gasteiger partial charge on any atom is 0.193 e. The third-order valence-electron chi connectivity index (χ3n) is 5.36. The van der Waals surface area contributed by atoms with E-state index in [9.17, 15) is 0 Å². The first kappa shape index (κ1) is 20.0. The van der Waals surface area contributed by atoms with E-state index in [-0.39, 0.29) is 24.0 Å². The molecule has 1 N–H and O–H groups in total. The fraction of sp³-hybridized carbons (Fsp3) is 0.941. The summed E-state index contributed by atoms with van der Waals surface area (Å²) in [5.41, 5.74) is 0.475. The summed E-state index contributed by atoms with van der Waals surface area (Å²) in [7, 11) is 0. The number of likely N-dealkylation sites (tertiary alicyclic amines) is 2. The topological polar surface area (TPSA) is 30.9 Å². The van der Waals surface area contributed by atoms with E-state index in [4.69, 9.17) is 4.99 Å². The lowest BCUT2D eigenvalue weighted by molar-refractivity contribution is 0.321. The summed E-state index contributed by atoms with van der Waals surface area (Å²) < 4.78 is 0. The number of nitrogens with one attached hydrogen (secondary N) is 1. The van der Waals surface area contributed by atoms with E-state index in [1.165, 1.54) is 38.9 Å². The van der Waals surface area contributed by atoms with Crippen LogP contribution in [0.25, 0.3) is 0 Å². The van der Waals surface area contributed by atoms with Crippen LogP contribution in [-0.4, -0.2) is 61.6 Å². The summed E-state index contributed by atoms with van der Waals surface area (Å²) in [5, 5.41) is 3.50. The van der Waals surface area contributed by atoms with Gasteiger partial charge in [0.05, 0.1) is 0 Å². The molecule has 2 fully saturated rings. The Morgan fingerprint density at radius 1 is 1.27 bits per heavy atom. The summed E-state index contributed by atoms with van der Waals surface area (Å²) in [4.78, 5) is 9.96. The second-order valence-electron chi connectivity index (χ2n) is 7.08. The van der Waals surface area contributed by atoms with Crippen molar-refractivity contribution in [2.75, 3.05) is 45.8 Å². The molecule has 4 nitrogen and oxygen atoms in total. The maximum absolute atomic E-state index is 4.95. The molecule has 2 atom stereocenters. The standard InChI is InChI=1S/C17H34N4.HI/c1-5-17(4)9-11-21(14-17)16(18-6-2)19-12-15-8-10-20(7-3)13-15;/h15H,5-14H2,1-4H3,(H,18,19);1H. The number of nitrogens with zero attached hydrogens (tertiary/aromatic N) is 3. The number of halogens is 1. The average Bonchev–Trinajstić information content (AvgIpc) is 3.11.